The lowest BCUT2D eigenvalue weighted by molar-refractivity contribution is -0.132. The minimum atomic E-state index is -0.0860. The summed E-state index contributed by atoms with van der Waals surface area (Å²) < 4.78 is 5.10. The molecule has 0 spiro atoms. The third-order valence-corrected chi connectivity index (χ3v) is 8.61. The van der Waals surface area contributed by atoms with Gasteiger partial charge in [0.2, 0.25) is 12.3 Å². The summed E-state index contributed by atoms with van der Waals surface area (Å²) in [4.78, 5) is 43.9. The Kier molecular flexibility index (Phi) is 8.39. The summed E-state index contributed by atoms with van der Waals surface area (Å²) in [5.41, 5.74) is 5.76. The highest BCUT2D eigenvalue weighted by Crippen LogP contribution is 2.36. The number of hydrogen-bond acceptors (Lipinski definition) is 5. The van der Waals surface area contributed by atoms with Crippen molar-refractivity contribution < 1.29 is 14.3 Å². The van der Waals surface area contributed by atoms with Gasteiger partial charge in [-0.25, -0.2) is 9.97 Å². The molecule has 10 heteroatoms. The van der Waals surface area contributed by atoms with Crippen molar-refractivity contribution in [3.63, 3.8) is 0 Å². The van der Waals surface area contributed by atoms with Gasteiger partial charge in [0.1, 0.15) is 22.5 Å². The third kappa shape index (κ3) is 5.71. The Balaban J connectivity index is 1.14. The first-order chi connectivity index (χ1) is 20.6. The van der Waals surface area contributed by atoms with Crippen molar-refractivity contribution in [2.75, 3.05) is 26.8 Å². The van der Waals surface area contributed by atoms with E-state index < -0.39 is 0 Å². The van der Waals surface area contributed by atoms with Crippen LogP contribution in [0.25, 0.3) is 33.6 Å². The molecule has 218 valence electrons. The van der Waals surface area contributed by atoms with Crippen LogP contribution in [0.1, 0.15) is 62.3 Å². The van der Waals surface area contributed by atoms with Crippen LogP contribution in [0.3, 0.4) is 0 Å². The number of rotatable bonds is 10. The lowest BCUT2D eigenvalue weighted by Crippen LogP contribution is -2.31. The highest BCUT2D eigenvalue weighted by Gasteiger charge is 2.32. The second-order valence-corrected chi connectivity index (χ2v) is 11.3. The van der Waals surface area contributed by atoms with Crippen LogP contribution in [0, 0.1) is 0 Å². The number of aromatic amines is 2. The molecule has 2 aromatic carbocycles. The van der Waals surface area contributed by atoms with Crippen LogP contribution in [0.2, 0.25) is 5.15 Å². The number of amides is 2. The molecule has 2 aromatic heterocycles. The smallest absolute Gasteiger partial charge is 0.223 e. The largest absolute Gasteiger partial charge is 0.385 e. The summed E-state index contributed by atoms with van der Waals surface area (Å²) in [6, 6.07) is 16.5. The SMILES string of the molecule is COCCCC(=O)N1CCCC1c1nc(-c2ccc(-c3ccc(-c4cnc(C5CCCN5C=O)[nH]4)cc3)cc2)c(Cl)[nH]1. The fourth-order valence-electron chi connectivity index (χ4n) is 6.10. The number of H-pyrrole nitrogens is 2. The lowest BCUT2D eigenvalue weighted by Gasteiger charge is -2.23. The second kappa shape index (κ2) is 12.5. The van der Waals surface area contributed by atoms with E-state index in [1.54, 1.807) is 7.11 Å². The first-order valence-electron chi connectivity index (χ1n) is 14.6. The van der Waals surface area contributed by atoms with Gasteiger partial charge in [-0.05, 0) is 48.8 Å². The quantitative estimate of drug-likeness (QED) is 0.171. The van der Waals surface area contributed by atoms with Crippen molar-refractivity contribution in [3.8, 4) is 33.6 Å². The van der Waals surface area contributed by atoms with Crippen molar-refractivity contribution in [1.82, 2.24) is 29.7 Å². The Morgan fingerprint density at radius 3 is 2.33 bits per heavy atom. The highest BCUT2D eigenvalue weighted by molar-refractivity contribution is 6.31. The van der Waals surface area contributed by atoms with Gasteiger partial charge in [-0.2, -0.15) is 0 Å². The zero-order chi connectivity index (χ0) is 29.1. The van der Waals surface area contributed by atoms with Gasteiger partial charge in [0.25, 0.3) is 0 Å². The average molecular weight is 587 g/mol. The maximum Gasteiger partial charge on any atom is 0.223 e. The molecule has 2 unspecified atom stereocenters. The molecule has 6 rings (SSSR count). The second-order valence-electron chi connectivity index (χ2n) is 11.0. The van der Waals surface area contributed by atoms with E-state index in [1.807, 2.05) is 28.1 Å². The summed E-state index contributed by atoms with van der Waals surface area (Å²) in [5.74, 6) is 1.70. The third-order valence-electron chi connectivity index (χ3n) is 8.33. The average Bonchev–Trinajstić information content (AvgIpc) is 3.83. The van der Waals surface area contributed by atoms with Crippen molar-refractivity contribution in [1.29, 1.82) is 0 Å². The number of carbonyl (C=O) groups is 2. The number of nitrogens with one attached hydrogen (secondary N) is 2. The summed E-state index contributed by atoms with van der Waals surface area (Å²) >= 11 is 6.61. The molecule has 4 heterocycles. The van der Waals surface area contributed by atoms with E-state index in [1.165, 1.54) is 0 Å². The molecule has 2 amide bonds. The molecule has 0 aliphatic carbocycles. The van der Waals surface area contributed by atoms with E-state index in [0.29, 0.717) is 30.3 Å². The molecular weight excluding hydrogens is 552 g/mol. The molecule has 2 fully saturated rings. The number of ether oxygens (including phenoxy) is 1. The fourth-order valence-corrected chi connectivity index (χ4v) is 6.35. The predicted molar refractivity (Wildman–Crippen MR) is 162 cm³/mol. The number of carbonyl (C=O) groups excluding carboxylic acids is 2. The zero-order valence-corrected chi connectivity index (χ0v) is 24.4. The van der Waals surface area contributed by atoms with Crippen LogP contribution < -0.4 is 0 Å². The van der Waals surface area contributed by atoms with E-state index >= 15 is 0 Å². The van der Waals surface area contributed by atoms with Crippen LogP contribution in [-0.4, -0.2) is 68.9 Å². The summed E-state index contributed by atoms with van der Waals surface area (Å²) in [7, 11) is 1.65. The number of benzene rings is 2. The molecule has 9 nitrogen and oxygen atoms in total. The van der Waals surface area contributed by atoms with E-state index in [0.717, 1.165) is 84.8 Å². The molecule has 4 aromatic rings. The molecule has 0 radical (unpaired) electrons. The number of nitrogens with zero attached hydrogens (tertiary/aromatic N) is 4. The van der Waals surface area contributed by atoms with Gasteiger partial charge >= 0.3 is 0 Å². The van der Waals surface area contributed by atoms with Gasteiger partial charge in [0, 0.05) is 38.8 Å². The topological polar surface area (TPSA) is 107 Å². The number of methoxy groups -OCH3 is 1. The molecule has 2 aliphatic rings. The minimum absolute atomic E-state index is 0.0267. The van der Waals surface area contributed by atoms with Crippen LogP contribution >= 0.6 is 11.6 Å². The van der Waals surface area contributed by atoms with Crippen molar-refractivity contribution in [2.24, 2.45) is 0 Å². The Labute approximate surface area is 250 Å². The first-order valence-corrected chi connectivity index (χ1v) is 14.9. The van der Waals surface area contributed by atoms with Gasteiger partial charge in [-0.15, -0.1) is 0 Å². The van der Waals surface area contributed by atoms with Crippen LogP contribution in [0.5, 0.6) is 0 Å². The molecule has 2 aliphatic heterocycles. The first kappa shape index (κ1) is 28.2. The fraction of sp³-hybridized carbons (Fsp3) is 0.375. The Morgan fingerprint density at radius 2 is 1.62 bits per heavy atom. The lowest BCUT2D eigenvalue weighted by atomic mass is 10.0. The van der Waals surface area contributed by atoms with Gasteiger partial charge in [-0.3, -0.25) is 9.59 Å². The number of likely N-dealkylation sites (tertiary alicyclic amines) is 2. The number of aromatic nitrogens is 4. The standard InChI is InChI=1S/C32H35ClN6O3/c1-42-18-4-7-28(41)39-17-3-6-27(39)32-36-29(30(33)37-32)24-14-10-22(11-15-24)21-8-12-23(13-9-21)25-19-34-31(35-25)26-5-2-16-38(26)20-40/h8-15,19-20,26-27H,2-7,16-18H2,1H3,(H,34,35)(H,36,37). The van der Waals surface area contributed by atoms with Crippen LogP contribution in [0.15, 0.2) is 54.7 Å². The number of imidazole rings is 2. The molecule has 0 bridgehead atoms. The molecular formula is C32H35ClN6O3. The minimum Gasteiger partial charge on any atom is -0.385 e. The zero-order valence-electron chi connectivity index (χ0n) is 23.7. The van der Waals surface area contributed by atoms with Crippen molar-refractivity contribution in [3.05, 3.63) is 71.5 Å². The van der Waals surface area contributed by atoms with E-state index in [9.17, 15) is 9.59 Å². The molecule has 2 N–H and O–H groups in total. The van der Waals surface area contributed by atoms with Crippen LogP contribution in [0.4, 0.5) is 0 Å². The van der Waals surface area contributed by atoms with Gasteiger partial charge in [0.05, 0.1) is 24.0 Å². The normalized spacial score (nSPS) is 18.6. The van der Waals surface area contributed by atoms with Crippen molar-refractivity contribution >= 4 is 23.9 Å². The van der Waals surface area contributed by atoms with Crippen molar-refractivity contribution in [2.45, 2.75) is 50.6 Å². The summed E-state index contributed by atoms with van der Waals surface area (Å²) in [6.07, 6.45) is 7.67. The summed E-state index contributed by atoms with van der Waals surface area (Å²) in [5, 5.41) is 0.480. The van der Waals surface area contributed by atoms with Crippen LogP contribution in [-0.2, 0) is 14.3 Å². The Hall–Kier alpha value is -3.95. The van der Waals surface area contributed by atoms with Gasteiger partial charge in [0.15, 0.2) is 0 Å². The number of halogens is 1. The molecule has 42 heavy (non-hydrogen) atoms. The Morgan fingerprint density at radius 1 is 0.952 bits per heavy atom. The Bertz CT molecular complexity index is 1530. The van der Waals surface area contributed by atoms with Gasteiger partial charge < -0.3 is 24.5 Å². The van der Waals surface area contributed by atoms with E-state index in [2.05, 4.69) is 51.4 Å². The summed E-state index contributed by atoms with van der Waals surface area (Å²) in [6.45, 7) is 2.09. The molecule has 2 atom stereocenters. The predicted octanol–water partition coefficient (Wildman–Crippen LogP) is 6.17. The molecule has 0 saturated carbocycles. The maximum atomic E-state index is 12.8. The van der Waals surface area contributed by atoms with E-state index in [4.69, 9.17) is 21.3 Å². The maximum absolute atomic E-state index is 12.8. The number of hydrogen-bond donors (Lipinski definition) is 2. The highest BCUT2D eigenvalue weighted by atomic mass is 35.5. The van der Waals surface area contributed by atoms with Gasteiger partial charge in [-0.1, -0.05) is 60.1 Å². The van der Waals surface area contributed by atoms with E-state index in [-0.39, 0.29) is 18.0 Å². The molecule has 2 saturated heterocycles. The monoisotopic (exact) mass is 586 g/mol.